The predicted octanol–water partition coefficient (Wildman–Crippen LogP) is 2.19. The summed E-state index contributed by atoms with van der Waals surface area (Å²) in [6.07, 6.45) is 5.87. The average Bonchev–Trinajstić information content (AvgIpc) is 2.68. The Hall–Kier alpha value is -0.870. The Morgan fingerprint density at radius 2 is 2.16 bits per heavy atom. The van der Waals surface area contributed by atoms with Crippen molar-refractivity contribution in [1.82, 2.24) is 20.0 Å². The lowest BCUT2D eigenvalue weighted by Crippen LogP contribution is -2.37. The monoisotopic (exact) mass is 264 g/mol. The van der Waals surface area contributed by atoms with Crippen LogP contribution in [0.2, 0.25) is 0 Å². The van der Waals surface area contributed by atoms with Gasteiger partial charge in [0.1, 0.15) is 0 Å². The second-order valence-corrected chi connectivity index (χ2v) is 6.12. The summed E-state index contributed by atoms with van der Waals surface area (Å²) < 4.78 is 2.04. The Kier molecular flexibility index (Phi) is 4.99. The Balaban J connectivity index is 2.18. The van der Waals surface area contributed by atoms with Gasteiger partial charge in [0.25, 0.3) is 0 Å². The van der Waals surface area contributed by atoms with E-state index in [0.717, 1.165) is 6.54 Å². The van der Waals surface area contributed by atoms with Crippen LogP contribution in [0.1, 0.15) is 44.8 Å². The molecule has 2 unspecified atom stereocenters. The van der Waals surface area contributed by atoms with Crippen molar-refractivity contribution in [3.63, 3.8) is 0 Å². The van der Waals surface area contributed by atoms with Gasteiger partial charge >= 0.3 is 0 Å². The third-order valence-electron chi connectivity index (χ3n) is 4.21. The van der Waals surface area contributed by atoms with Crippen LogP contribution in [-0.4, -0.2) is 40.9 Å². The quantitative estimate of drug-likeness (QED) is 0.905. The summed E-state index contributed by atoms with van der Waals surface area (Å²) in [7, 11) is 4.31. The molecule has 0 radical (unpaired) electrons. The highest BCUT2D eigenvalue weighted by Gasteiger charge is 2.30. The minimum atomic E-state index is 0.487. The van der Waals surface area contributed by atoms with E-state index in [1.165, 1.54) is 31.5 Å². The first-order valence-electron chi connectivity index (χ1n) is 7.51. The van der Waals surface area contributed by atoms with E-state index in [-0.39, 0.29) is 0 Å². The van der Waals surface area contributed by atoms with Crippen molar-refractivity contribution >= 4 is 0 Å². The Morgan fingerprint density at radius 1 is 1.37 bits per heavy atom. The molecule has 1 saturated heterocycles. The van der Waals surface area contributed by atoms with Gasteiger partial charge in [-0.25, -0.2) is 0 Å². The number of aromatic nitrogens is 2. The van der Waals surface area contributed by atoms with Crippen LogP contribution in [0.15, 0.2) is 12.3 Å². The molecule has 4 heteroatoms. The maximum atomic E-state index is 4.36. The number of rotatable bonds is 4. The van der Waals surface area contributed by atoms with Crippen LogP contribution in [0.3, 0.4) is 0 Å². The number of aryl methyl sites for hydroxylation is 1. The highest BCUT2D eigenvalue weighted by molar-refractivity contribution is 5.09. The molecule has 4 nitrogen and oxygen atoms in total. The van der Waals surface area contributed by atoms with Crippen LogP contribution in [0, 0.1) is 5.92 Å². The third-order valence-corrected chi connectivity index (χ3v) is 4.21. The first-order valence-corrected chi connectivity index (χ1v) is 7.51. The van der Waals surface area contributed by atoms with E-state index >= 15 is 0 Å². The van der Waals surface area contributed by atoms with Crippen molar-refractivity contribution < 1.29 is 0 Å². The molecule has 0 aliphatic carbocycles. The lowest BCUT2D eigenvalue weighted by molar-refractivity contribution is 0.178. The molecule has 1 aromatic rings. The molecule has 0 amide bonds. The maximum Gasteiger partial charge on any atom is 0.0555 e. The van der Waals surface area contributed by atoms with E-state index in [1.54, 1.807) is 0 Å². The molecule has 2 atom stereocenters. The normalized spacial score (nSPS) is 25.7. The predicted molar refractivity (Wildman–Crippen MR) is 79.1 cm³/mol. The zero-order valence-electron chi connectivity index (χ0n) is 12.8. The van der Waals surface area contributed by atoms with Crippen LogP contribution in [0.4, 0.5) is 0 Å². The average molecular weight is 264 g/mol. The van der Waals surface area contributed by atoms with Gasteiger partial charge in [0.05, 0.1) is 11.7 Å². The summed E-state index contributed by atoms with van der Waals surface area (Å²) >= 11 is 0. The maximum absolute atomic E-state index is 4.36. The van der Waals surface area contributed by atoms with Gasteiger partial charge in [-0.15, -0.1) is 0 Å². The Morgan fingerprint density at radius 3 is 2.79 bits per heavy atom. The SMILES string of the molecule is CC(C)NCC1CCCCN(C)C1c1ccnn1C. The Bertz CT molecular complexity index is 385. The summed E-state index contributed by atoms with van der Waals surface area (Å²) in [4.78, 5) is 2.51. The molecule has 0 saturated carbocycles. The molecule has 1 fully saturated rings. The van der Waals surface area contributed by atoms with Gasteiger partial charge < -0.3 is 5.32 Å². The molecule has 108 valence electrons. The molecular formula is C15H28N4. The molecule has 1 aliphatic rings. The molecule has 2 rings (SSSR count). The minimum absolute atomic E-state index is 0.487. The van der Waals surface area contributed by atoms with Crippen molar-refractivity contribution in [2.75, 3.05) is 20.1 Å². The standard InChI is InChI=1S/C15H28N4/c1-12(2)16-11-13-7-5-6-10-18(3)15(13)14-8-9-17-19(14)4/h8-9,12-13,15-16H,5-7,10-11H2,1-4H3. The van der Waals surface area contributed by atoms with Crippen molar-refractivity contribution in [3.05, 3.63) is 18.0 Å². The number of hydrogen-bond acceptors (Lipinski definition) is 3. The van der Waals surface area contributed by atoms with Crippen LogP contribution in [0.25, 0.3) is 0 Å². The zero-order chi connectivity index (χ0) is 13.8. The molecule has 2 heterocycles. The first-order chi connectivity index (χ1) is 9.09. The van der Waals surface area contributed by atoms with E-state index in [4.69, 9.17) is 0 Å². The minimum Gasteiger partial charge on any atom is -0.314 e. The van der Waals surface area contributed by atoms with Crippen molar-refractivity contribution in [2.45, 2.75) is 45.2 Å². The fraction of sp³-hybridized carbons (Fsp3) is 0.800. The number of nitrogens with zero attached hydrogens (tertiary/aromatic N) is 3. The van der Waals surface area contributed by atoms with Crippen molar-refractivity contribution in [2.24, 2.45) is 13.0 Å². The van der Waals surface area contributed by atoms with E-state index < -0.39 is 0 Å². The zero-order valence-corrected chi connectivity index (χ0v) is 12.8. The van der Waals surface area contributed by atoms with Gasteiger partial charge in [0.2, 0.25) is 0 Å². The molecule has 0 spiro atoms. The van der Waals surface area contributed by atoms with Gasteiger partial charge in [-0.1, -0.05) is 20.3 Å². The van der Waals surface area contributed by atoms with Gasteiger partial charge in [-0.3, -0.25) is 9.58 Å². The highest BCUT2D eigenvalue weighted by Crippen LogP contribution is 2.33. The summed E-state index contributed by atoms with van der Waals surface area (Å²) in [6.45, 7) is 6.73. The summed E-state index contributed by atoms with van der Waals surface area (Å²) in [5.41, 5.74) is 1.35. The summed E-state index contributed by atoms with van der Waals surface area (Å²) in [5, 5.41) is 7.97. The van der Waals surface area contributed by atoms with E-state index in [2.05, 4.69) is 49.3 Å². The van der Waals surface area contributed by atoms with Crippen molar-refractivity contribution in [1.29, 1.82) is 0 Å². The molecule has 0 bridgehead atoms. The highest BCUT2D eigenvalue weighted by atomic mass is 15.3. The van der Waals surface area contributed by atoms with Gasteiger partial charge in [-0.2, -0.15) is 5.10 Å². The fourth-order valence-electron chi connectivity index (χ4n) is 3.17. The lowest BCUT2D eigenvalue weighted by Gasteiger charge is -2.33. The van der Waals surface area contributed by atoms with Gasteiger partial charge in [-0.05, 0) is 38.4 Å². The van der Waals surface area contributed by atoms with E-state index in [9.17, 15) is 0 Å². The van der Waals surface area contributed by atoms with Gasteiger partial charge in [0.15, 0.2) is 0 Å². The molecule has 19 heavy (non-hydrogen) atoms. The van der Waals surface area contributed by atoms with Gasteiger partial charge in [0, 0.05) is 25.8 Å². The number of nitrogens with one attached hydrogen (secondary N) is 1. The second-order valence-electron chi connectivity index (χ2n) is 6.12. The molecule has 0 aromatic carbocycles. The smallest absolute Gasteiger partial charge is 0.0555 e. The largest absolute Gasteiger partial charge is 0.314 e. The van der Waals surface area contributed by atoms with Crippen LogP contribution < -0.4 is 5.32 Å². The second kappa shape index (κ2) is 6.53. The topological polar surface area (TPSA) is 33.1 Å². The lowest BCUT2D eigenvalue weighted by atomic mass is 9.92. The van der Waals surface area contributed by atoms with Crippen LogP contribution in [0.5, 0.6) is 0 Å². The van der Waals surface area contributed by atoms with Crippen molar-refractivity contribution in [3.8, 4) is 0 Å². The molecule has 1 N–H and O–H groups in total. The summed E-state index contributed by atoms with van der Waals surface area (Å²) in [6, 6.07) is 3.22. The first kappa shape index (κ1) is 14.5. The molecular weight excluding hydrogens is 236 g/mol. The Labute approximate surface area is 117 Å². The van der Waals surface area contributed by atoms with E-state index in [1.807, 2.05) is 10.9 Å². The summed E-state index contributed by atoms with van der Waals surface area (Å²) in [5.74, 6) is 0.672. The number of hydrogen-bond donors (Lipinski definition) is 1. The van der Waals surface area contributed by atoms with E-state index in [0.29, 0.717) is 18.0 Å². The molecule has 1 aromatic heterocycles. The van der Waals surface area contributed by atoms with Crippen LogP contribution in [-0.2, 0) is 7.05 Å². The fourth-order valence-corrected chi connectivity index (χ4v) is 3.17. The molecule has 1 aliphatic heterocycles. The van der Waals surface area contributed by atoms with Crippen LogP contribution >= 0.6 is 0 Å². The number of likely N-dealkylation sites (tertiary alicyclic amines) is 1. The third kappa shape index (κ3) is 3.57.